The summed E-state index contributed by atoms with van der Waals surface area (Å²) in [4.78, 5) is 27.1. The summed E-state index contributed by atoms with van der Waals surface area (Å²) in [5, 5.41) is 3.04. The Kier molecular flexibility index (Phi) is 4.91. The topological polar surface area (TPSA) is 49.4 Å². The third-order valence-corrected chi connectivity index (χ3v) is 4.79. The van der Waals surface area contributed by atoms with Crippen LogP contribution in [0, 0.1) is 25.5 Å². The molecule has 0 spiro atoms. The van der Waals surface area contributed by atoms with E-state index < -0.39 is 29.1 Å². The zero-order valence-corrected chi connectivity index (χ0v) is 16.4. The van der Waals surface area contributed by atoms with Crippen LogP contribution in [0.25, 0.3) is 5.57 Å². The van der Waals surface area contributed by atoms with Crippen molar-refractivity contribution in [1.82, 2.24) is 0 Å². The second-order valence-corrected chi connectivity index (χ2v) is 7.16. The lowest BCUT2D eigenvalue weighted by molar-refractivity contribution is -0.120. The van der Waals surface area contributed by atoms with Gasteiger partial charge in [0, 0.05) is 11.8 Å². The maximum atomic E-state index is 14.4. The van der Waals surface area contributed by atoms with E-state index in [2.05, 4.69) is 5.32 Å². The van der Waals surface area contributed by atoms with Crippen LogP contribution in [-0.2, 0) is 9.59 Å². The second kappa shape index (κ2) is 7.55. The molecule has 3 aromatic rings. The Balaban J connectivity index is 1.86. The quantitative estimate of drug-likeness (QED) is 0.624. The number of anilines is 2. The maximum absolute atomic E-state index is 14.4. The van der Waals surface area contributed by atoms with Gasteiger partial charge in [0.15, 0.2) is 0 Å². The summed E-state index contributed by atoms with van der Waals surface area (Å²) in [7, 11) is 0. The van der Waals surface area contributed by atoms with Crippen LogP contribution in [-0.4, -0.2) is 11.8 Å². The van der Waals surface area contributed by atoms with Crippen LogP contribution in [0.2, 0.25) is 0 Å². The number of halogens is 2. The Morgan fingerprint density at radius 3 is 2.13 bits per heavy atom. The molecule has 0 radical (unpaired) electrons. The molecule has 6 heteroatoms. The van der Waals surface area contributed by atoms with Gasteiger partial charge in [-0.25, -0.2) is 13.7 Å². The monoisotopic (exact) mass is 404 g/mol. The smallest absolute Gasteiger partial charge is 0.282 e. The molecular formula is C24H18F2N2O2. The van der Waals surface area contributed by atoms with Gasteiger partial charge in [-0.15, -0.1) is 0 Å². The van der Waals surface area contributed by atoms with Gasteiger partial charge in [-0.3, -0.25) is 9.59 Å². The van der Waals surface area contributed by atoms with Crippen molar-refractivity contribution in [3.63, 3.8) is 0 Å². The van der Waals surface area contributed by atoms with Gasteiger partial charge in [-0.05, 0) is 54.8 Å². The molecule has 4 rings (SSSR count). The highest BCUT2D eigenvalue weighted by molar-refractivity contribution is 6.46. The lowest BCUT2D eigenvalue weighted by atomic mass is 10.0. The largest absolute Gasteiger partial charge is 0.350 e. The minimum absolute atomic E-state index is 0.0138. The summed E-state index contributed by atoms with van der Waals surface area (Å²) >= 11 is 0. The molecule has 30 heavy (non-hydrogen) atoms. The van der Waals surface area contributed by atoms with Gasteiger partial charge in [-0.2, -0.15) is 0 Å². The average Bonchev–Trinajstić information content (AvgIpc) is 2.93. The van der Waals surface area contributed by atoms with E-state index in [9.17, 15) is 18.4 Å². The molecule has 150 valence electrons. The van der Waals surface area contributed by atoms with Crippen LogP contribution in [0.4, 0.5) is 20.2 Å². The molecule has 0 unspecified atom stereocenters. The van der Waals surface area contributed by atoms with Crippen molar-refractivity contribution >= 4 is 28.8 Å². The van der Waals surface area contributed by atoms with E-state index in [0.29, 0.717) is 16.2 Å². The number of amides is 2. The molecule has 0 atom stereocenters. The van der Waals surface area contributed by atoms with Crippen molar-refractivity contribution in [2.45, 2.75) is 13.8 Å². The Bertz CT molecular complexity index is 1180. The van der Waals surface area contributed by atoms with Crippen LogP contribution >= 0.6 is 0 Å². The number of hydrogen-bond donors (Lipinski definition) is 1. The van der Waals surface area contributed by atoms with E-state index in [0.717, 1.165) is 29.3 Å². The summed E-state index contributed by atoms with van der Waals surface area (Å²) in [6.07, 6.45) is 0. The van der Waals surface area contributed by atoms with Gasteiger partial charge in [0.25, 0.3) is 11.8 Å². The fraction of sp³-hybridized carbons (Fsp3) is 0.0833. The first-order chi connectivity index (χ1) is 14.3. The molecule has 0 aliphatic carbocycles. The lowest BCUT2D eigenvalue weighted by Gasteiger charge is -2.16. The Morgan fingerprint density at radius 2 is 1.47 bits per heavy atom. The third-order valence-electron chi connectivity index (χ3n) is 4.79. The summed E-state index contributed by atoms with van der Waals surface area (Å²) in [5.41, 5.74) is 2.77. The molecule has 1 aliphatic rings. The molecule has 0 aromatic heterocycles. The van der Waals surface area contributed by atoms with E-state index >= 15 is 0 Å². The molecule has 1 heterocycles. The van der Waals surface area contributed by atoms with Gasteiger partial charge < -0.3 is 5.32 Å². The molecular weight excluding hydrogens is 386 g/mol. The van der Waals surface area contributed by atoms with Crippen LogP contribution in [0.3, 0.4) is 0 Å². The third kappa shape index (κ3) is 3.48. The maximum Gasteiger partial charge on any atom is 0.282 e. The minimum atomic E-state index is -0.863. The molecule has 2 amide bonds. The number of aryl methyl sites for hydroxylation is 2. The Hall–Kier alpha value is -3.80. The first-order valence-corrected chi connectivity index (χ1v) is 9.34. The summed E-state index contributed by atoms with van der Waals surface area (Å²) in [6, 6.07) is 17.0. The highest BCUT2D eigenvalue weighted by Gasteiger charge is 2.41. The normalized spacial score (nSPS) is 13.9. The van der Waals surface area contributed by atoms with Crippen molar-refractivity contribution in [3.8, 4) is 0 Å². The number of rotatable bonds is 4. The molecule has 1 aliphatic heterocycles. The minimum Gasteiger partial charge on any atom is -0.350 e. The number of hydrogen-bond acceptors (Lipinski definition) is 3. The zero-order chi connectivity index (χ0) is 21.4. The second-order valence-electron chi connectivity index (χ2n) is 7.16. The number of carbonyl (C=O) groups excluding carboxylic acids is 2. The van der Waals surface area contributed by atoms with E-state index in [1.165, 1.54) is 0 Å². The fourth-order valence-electron chi connectivity index (χ4n) is 3.59. The number of carbonyl (C=O) groups is 2. The Labute approximate surface area is 172 Å². The molecule has 0 fully saturated rings. The molecule has 0 saturated carbocycles. The SMILES string of the molecule is Cc1cc(C)cc(NC2=C(c3ccccc3)C(=O)N(c3cc(F)ccc3F)C2=O)c1. The van der Waals surface area contributed by atoms with Crippen LogP contribution < -0.4 is 10.2 Å². The van der Waals surface area contributed by atoms with E-state index in [-0.39, 0.29) is 11.3 Å². The van der Waals surface area contributed by atoms with E-state index in [4.69, 9.17) is 0 Å². The number of nitrogens with zero attached hydrogens (tertiary/aromatic N) is 1. The van der Waals surface area contributed by atoms with Crippen molar-refractivity contribution in [2.24, 2.45) is 0 Å². The van der Waals surface area contributed by atoms with Crippen LogP contribution in [0.1, 0.15) is 16.7 Å². The zero-order valence-electron chi connectivity index (χ0n) is 16.4. The van der Waals surface area contributed by atoms with Gasteiger partial charge in [0.2, 0.25) is 0 Å². The van der Waals surface area contributed by atoms with Gasteiger partial charge in [-0.1, -0.05) is 36.4 Å². The highest BCUT2D eigenvalue weighted by atomic mass is 19.1. The number of nitrogens with one attached hydrogen (secondary N) is 1. The molecule has 3 aromatic carbocycles. The standard InChI is InChI=1S/C24H18F2N2O2/c1-14-10-15(2)12-18(11-14)27-22-21(16-6-4-3-5-7-16)23(29)28(24(22)30)20-13-17(25)8-9-19(20)26/h3-13,27H,1-2H3. The van der Waals surface area contributed by atoms with Crippen LogP contribution in [0.15, 0.2) is 72.4 Å². The number of imide groups is 1. The van der Waals surface area contributed by atoms with Gasteiger partial charge in [0.05, 0.1) is 11.3 Å². The predicted molar refractivity (Wildman–Crippen MR) is 112 cm³/mol. The first kappa shape index (κ1) is 19.5. The Morgan fingerprint density at radius 1 is 0.800 bits per heavy atom. The van der Waals surface area contributed by atoms with Gasteiger partial charge in [0.1, 0.15) is 17.3 Å². The molecule has 1 N–H and O–H groups in total. The molecule has 4 nitrogen and oxygen atoms in total. The lowest BCUT2D eigenvalue weighted by Crippen LogP contribution is -2.33. The summed E-state index contributed by atoms with van der Waals surface area (Å²) < 4.78 is 28.2. The van der Waals surface area contributed by atoms with Crippen molar-refractivity contribution in [2.75, 3.05) is 10.2 Å². The molecule has 0 saturated heterocycles. The highest BCUT2D eigenvalue weighted by Crippen LogP contribution is 2.35. The van der Waals surface area contributed by atoms with Crippen molar-refractivity contribution in [1.29, 1.82) is 0 Å². The molecule has 0 bridgehead atoms. The fourth-order valence-corrected chi connectivity index (χ4v) is 3.59. The predicted octanol–water partition coefficient (Wildman–Crippen LogP) is 4.98. The summed E-state index contributed by atoms with van der Waals surface area (Å²) in [6.45, 7) is 3.83. The average molecular weight is 404 g/mol. The first-order valence-electron chi connectivity index (χ1n) is 9.34. The van der Waals surface area contributed by atoms with E-state index in [1.807, 2.05) is 32.0 Å². The summed E-state index contributed by atoms with van der Waals surface area (Å²) in [5.74, 6) is -3.08. The van der Waals surface area contributed by atoms with E-state index in [1.54, 1.807) is 30.3 Å². The van der Waals surface area contributed by atoms with Gasteiger partial charge >= 0.3 is 0 Å². The van der Waals surface area contributed by atoms with Crippen molar-refractivity contribution in [3.05, 3.63) is 101 Å². The number of benzene rings is 3. The van der Waals surface area contributed by atoms with Crippen molar-refractivity contribution < 1.29 is 18.4 Å². The van der Waals surface area contributed by atoms with Crippen LogP contribution in [0.5, 0.6) is 0 Å².